The number of esters is 1. The molecule has 0 radical (unpaired) electrons. The number of carbonyl (C=O) groups excluding carboxylic acids is 1. The van der Waals surface area contributed by atoms with Crippen LogP contribution in [0.5, 0.6) is 5.75 Å². The summed E-state index contributed by atoms with van der Waals surface area (Å²) in [6, 6.07) is 0. The van der Waals surface area contributed by atoms with Crippen molar-refractivity contribution in [1.29, 1.82) is 0 Å². The van der Waals surface area contributed by atoms with Crippen LogP contribution in [-0.2, 0) is 17.3 Å². The third-order valence-electron chi connectivity index (χ3n) is 3.35. The molecule has 5 nitrogen and oxygen atoms in total. The topological polar surface area (TPSA) is 52.7 Å². The number of aromatic nitrogens is 2. The van der Waals surface area contributed by atoms with Crippen LogP contribution in [0.15, 0.2) is 17.2 Å². The van der Waals surface area contributed by atoms with Gasteiger partial charge in [-0.3, -0.25) is 14.0 Å². The maximum atomic E-state index is 12.7. The molecule has 2 aromatic rings. The van der Waals surface area contributed by atoms with E-state index < -0.39 is 5.97 Å². The molecular weight excluding hydrogens is 256 g/mol. The minimum absolute atomic E-state index is 0.0681. The molecule has 0 N–H and O–H groups in total. The standard InChI is InChI=1S/C15H20N2O3/c1-9-11(15(3,4)5)14(19)17-8-7-16(6)13(17)12(9)20-10(2)18/h7-8H,1-6H3. The SMILES string of the molecule is CC(=O)Oc1c(C)c(C(C)(C)C)c(=O)n2ccn(C)c12. The minimum atomic E-state index is -0.394. The van der Waals surface area contributed by atoms with Crippen molar-refractivity contribution in [3.05, 3.63) is 33.9 Å². The van der Waals surface area contributed by atoms with E-state index in [2.05, 4.69) is 0 Å². The first kappa shape index (κ1) is 14.4. The first-order valence-electron chi connectivity index (χ1n) is 6.53. The molecule has 0 fully saturated rings. The maximum Gasteiger partial charge on any atom is 0.308 e. The Kier molecular flexibility index (Phi) is 3.24. The van der Waals surface area contributed by atoms with Gasteiger partial charge >= 0.3 is 5.97 Å². The van der Waals surface area contributed by atoms with Crippen molar-refractivity contribution >= 4 is 11.6 Å². The summed E-state index contributed by atoms with van der Waals surface area (Å²) in [5, 5.41) is 0. The summed E-state index contributed by atoms with van der Waals surface area (Å²) < 4.78 is 8.68. The number of hydrogen-bond donors (Lipinski definition) is 0. The van der Waals surface area contributed by atoms with Crippen molar-refractivity contribution in [2.24, 2.45) is 7.05 Å². The van der Waals surface area contributed by atoms with Gasteiger partial charge in [0, 0.05) is 37.5 Å². The summed E-state index contributed by atoms with van der Waals surface area (Å²) in [5.41, 5.74) is 1.58. The van der Waals surface area contributed by atoms with Crippen LogP contribution in [0.25, 0.3) is 5.65 Å². The monoisotopic (exact) mass is 276 g/mol. The molecule has 0 aliphatic carbocycles. The Morgan fingerprint density at radius 2 is 1.85 bits per heavy atom. The van der Waals surface area contributed by atoms with Gasteiger partial charge in [-0.25, -0.2) is 0 Å². The Labute approximate surface area is 117 Å². The molecule has 108 valence electrons. The molecule has 2 aromatic heterocycles. The molecule has 0 saturated heterocycles. The van der Waals surface area contributed by atoms with E-state index in [1.54, 1.807) is 17.0 Å². The fourth-order valence-corrected chi connectivity index (χ4v) is 2.62. The summed E-state index contributed by atoms with van der Waals surface area (Å²) in [6.07, 6.45) is 3.47. The normalized spacial score (nSPS) is 11.9. The number of ether oxygens (including phenoxy) is 1. The van der Waals surface area contributed by atoms with Gasteiger partial charge in [0.2, 0.25) is 0 Å². The van der Waals surface area contributed by atoms with Crippen LogP contribution in [0, 0.1) is 6.92 Å². The molecule has 0 spiro atoms. The molecular formula is C15H20N2O3. The molecule has 5 heteroatoms. The predicted molar refractivity (Wildman–Crippen MR) is 77.4 cm³/mol. The number of hydrogen-bond acceptors (Lipinski definition) is 3. The summed E-state index contributed by atoms with van der Waals surface area (Å²) in [7, 11) is 1.82. The number of rotatable bonds is 1. The third kappa shape index (κ3) is 2.13. The Hall–Kier alpha value is -2.04. The van der Waals surface area contributed by atoms with E-state index in [4.69, 9.17) is 4.74 Å². The van der Waals surface area contributed by atoms with Gasteiger partial charge < -0.3 is 9.30 Å². The van der Waals surface area contributed by atoms with Gasteiger partial charge in [-0.05, 0) is 12.3 Å². The molecule has 0 saturated carbocycles. The molecule has 20 heavy (non-hydrogen) atoms. The van der Waals surface area contributed by atoms with Crippen molar-refractivity contribution in [3.8, 4) is 5.75 Å². The van der Waals surface area contributed by atoms with Gasteiger partial charge in [0.05, 0.1) is 0 Å². The molecule has 2 heterocycles. The van der Waals surface area contributed by atoms with Gasteiger partial charge in [0.1, 0.15) is 0 Å². The fraction of sp³-hybridized carbons (Fsp3) is 0.467. The largest absolute Gasteiger partial charge is 0.422 e. The van der Waals surface area contributed by atoms with Crippen molar-refractivity contribution < 1.29 is 9.53 Å². The maximum absolute atomic E-state index is 12.7. The van der Waals surface area contributed by atoms with Crippen LogP contribution in [0.3, 0.4) is 0 Å². The Balaban J connectivity index is 2.98. The smallest absolute Gasteiger partial charge is 0.308 e. The second-order valence-electron chi connectivity index (χ2n) is 6.08. The molecule has 0 aliphatic heterocycles. The lowest BCUT2D eigenvalue weighted by Crippen LogP contribution is -2.29. The summed E-state index contributed by atoms with van der Waals surface area (Å²) in [4.78, 5) is 24.0. The first-order valence-corrected chi connectivity index (χ1v) is 6.53. The zero-order chi connectivity index (χ0) is 15.2. The van der Waals surface area contributed by atoms with Gasteiger partial charge in [0.25, 0.3) is 5.56 Å². The van der Waals surface area contributed by atoms with Crippen LogP contribution in [-0.4, -0.2) is 14.9 Å². The highest BCUT2D eigenvalue weighted by Gasteiger charge is 2.27. The predicted octanol–water partition coefficient (Wildman–Crippen LogP) is 2.17. The Morgan fingerprint density at radius 1 is 1.25 bits per heavy atom. The number of imidazole rings is 1. The van der Waals surface area contributed by atoms with E-state index in [-0.39, 0.29) is 11.0 Å². The highest BCUT2D eigenvalue weighted by Crippen LogP contribution is 2.31. The number of aryl methyl sites for hydroxylation is 1. The van der Waals surface area contributed by atoms with E-state index in [0.29, 0.717) is 17.0 Å². The van der Waals surface area contributed by atoms with Crippen LogP contribution in [0.2, 0.25) is 0 Å². The van der Waals surface area contributed by atoms with Crippen molar-refractivity contribution in [2.75, 3.05) is 0 Å². The molecule has 0 bridgehead atoms. The summed E-state index contributed by atoms with van der Waals surface area (Å²) >= 11 is 0. The lowest BCUT2D eigenvalue weighted by atomic mass is 9.85. The van der Waals surface area contributed by atoms with Crippen molar-refractivity contribution in [3.63, 3.8) is 0 Å². The quantitative estimate of drug-likeness (QED) is 0.750. The number of carbonyl (C=O) groups is 1. The Morgan fingerprint density at radius 3 is 2.35 bits per heavy atom. The molecule has 0 aliphatic rings. The van der Waals surface area contributed by atoms with E-state index in [9.17, 15) is 9.59 Å². The highest BCUT2D eigenvalue weighted by atomic mass is 16.5. The average molecular weight is 276 g/mol. The molecule has 0 unspecified atom stereocenters. The zero-order valence-electron chi connectivity index (χ0n) is 12.8. The minimum Gasteiger partial charge on any atom is -0.422 e. The van der Waals surface area contributed by atoms with Crippen LogP contribution in [0.4, 0.5) is 0 Å². The third-order valence-corrected chi connectivity index (χ3v) is 3.35. The average Bonchev–Trinajstić information content (AvgIpc) is 2.65. The molecule has 0 aromatic carbocycles. The van der Waals surface area contributed by atoms with Crippen molar-refractivity contribution in [1.82, 2.24) is 8.97 Å². The zero-order valence-corrected chi connectivity index (χ0v) is 12.8. The van der Waals surface area contributed by atoms with Gasteiger partial charge in [-0.1, -0.05) is 20.8 Å². The number of nitrogens with zero attached hydrogens (tertiary/aromatic N) is 2. The van der Waals surface area contributed by atoms with Gasteiger partial charge in [-0.15, -0.1) is 0 Å². The first-order chi connectivity index (χ1) is 9.14. The Bertz CT molecular complexity index is 745. The molecule has 0 amide bonds. The number of pyridine rings is 1. The van der Waals surface area contributed by atoms with E-state index in [1.807, 2.05) is 34.7 Å². The lowest BCUT2D eigenvalue weighted by Gasteiger charge is -2.22. The molecule has 2 rings (SSSR count). The second-order valence-corrected chi connectivity index (χ2v) is 6.08. The second kappa shape index (κ2) is 4.51. The van der Waals surface area contributed by atoms with Crippen LogP contribution < -0.4 is 10.3 Å². The fourth-order valence-electron chi connectivity index (χ4n) is 2.62. The van der Waals surface area contributed by atoms with Gasteiger partial charge in [-0.2, -0.15) is 0 Å². The number of fused-ring (bicyclic) bond motifs is 1. The van der Waals surface area contributed by atoms with E-state index in [0.717, 1.165) is 5.56 Å². The van der Waals surface area contributed by atoms with Crippen LogP contribution in [0.1, 0.15) is 38.8 Å². The van der Waals surface area contributed by atoms with E-state index in [1.165, 1.54) is 11.3 Å². The summed E-state index contributed by atoms with van der Waals surface area (Å²) in [5.74, 6) is 0.0595. The van der Waals surface area contributed by atoms with Gasteiger partial charge in [0.15, 0.2) is 11.4 Å². The summed E-state index contributed by atoms with van der Waals surface area (Å²) in [6.45, 7) is 9.12. The van der Waals surface area contributed by atoms with Crippen molar-refractivity contribution in [2.45, 2.75) is 40.0 Å². The highest BCUT2D eigenvalue weighted by molar-refractivity contribution is 5.74. The van der Waals surface area contributed by atoms with Crippen LogP contribution >= 0.6 is 0 Å². The van der Waals surface area contributed by atoms with E-state index >= 15 is 0 Å². The molecule has 0 atom stereocenters. The lowest BCUT2D eigenvalue weighted by molar-refractivity contribution is -0.131.